The summed E-state index contributed by atoms with van der Waals surface area (Å²) in [5, 5.41) is 0. The minimum atomic E-state index is -10.7. The summed E-state index contributed by atoms with van der Waals surface area (Å²) in [5.74, 6) is 0. The number of benzene rings is 1. The van der Waals surface area contributed by atoms with Gasteiger partial charge >= 0.3 is 50.1 Å². The van der Waals surface area contributed by atoms with Gasteiger partial charge in [-0.3, -0.25) is 0 Å². The first-order valence-electron chi connectivity index (χ1n) is 4.59. The van der Waals surface area contributed by atoms with Crippen LogP contribution in [0.1, 0.15) is 0 Å². The van der Waals surface area contributed by atoms with E-state index in [1.54, 1.807) is 0 Å². The Balaban J connectivity index is 0. The summed E-state index contributed by atoms with van der Waals surface area (Å²) in [4.78, 5) is 0. The molecule has 2 aromatic rings. The zero-order valence-electron chi connectivity index (χ0n) is 9.34. The van der Waals surface area contributed by atoms with Crippen molar-refractivity contribution < 1.29 is 42.3 Å². The number of rotatable bonds is 0. The number of hydrogen-bond donors (Lipinski definition) is 0. The van der Waals surface area contributed by atoms with Gasteiger partial charge in [0.2, 0.25) is 0 Å². The average Bonchev–Trinajstić information content (AvgIpc) is 2.73. The Bertz CT molecular complexity index is 353. The molecule has 0 aromatic heterocycles. The molecule has 0 saturated heterocycles. The zero-order valence-corrected chi connectivity index (χ0v) is 11.3. The first kappa shape index (κ1) is 20.4. The molecule has 0 aliphatic heterocycles. The Morgan fingerprint density at radius 2 is 1.05 bits per heavy atom. The Morgan fingerprint density at radius 3 is 1.16 bits per heavy atom. The maximum Gasteiger partial charge on any atom is 2.00 e. The SMILES string of the molecule is F[P-](F)(F)(F)(F)F.[Fe+2].[c-]1ccccc1.c1cc[cH-]c1. The molecule has 0 fully saturated rings. The second kappa shape index (κ2) is 7.04. The number of hydrogen-bond acceptors (Lipinski definition) is 0. The third-order valence-electron chi connectivity index (χ3n) is 1.16. The molecule has 2 aromatic carbocycles. The summed E-state index contributed by atoms with van der Waals surface area (Å²) < 4.78 is 59.2. The van der Waals surface area contributed by atoms with E-state index in [1.165, 1.54) is 0 Å². The molecular formula is C11H10F6FeP-. The summed E-state index contributed by atoms with van der Waals surface area (Å²) in [6.07, 6.45) is 0. The van der Waals surface area contributed by atoms with E-state index in [2.05, 4.69) is 6.07 Å². The van der Waals surface area contributed by atoms with Gasteiger partial charge in [0.15, 0.2) is 0 Å². The van der Waals surface area contributed by atoms with Crippen molar-refractivity contribution in [2.75, 3.05) is 0 Å². The van der Waals surface area contributed by atoms with Gasteiger partial charge in [0.1, 0.15) is 0 Å². The van der Waals surface area contributed by atoms with Gasteiger partial charge < -0.3 is 0 Å². The molecule has 0 bridgehead atoms. The van der Waals surface area contributed by atoms with Crippen molar-refractivity contribution in [2.45, 2.75) is 0 Å². The van der Waals surface area contributed by atoms with Crippen LogP contribution >= 0.6 is 7.81 Å². The van der Waals surface area contributed by atoms with Gasteiger partial charge in [-0.25, -0.2) is 12.1 Å². The van der Waals surface area contributed by atoms with E-state index in [4.69, 9.17) is 0 Å². The van der Waals surface area contributed by atoms with E-state index in [9.17, 15) is 25.2 Å². The molecule has 0 N–H and O–H groups in total. The number of halogens is 6. The average molecular weight is 343 g/mol. The molecule has 19 heavy (non-hydrogen) atoms. The van der Waals surface area contributed by atoms with Crippen LogP contribution in [0, 0.1) is 6.07 Å². The summed E-state index contributed by atoms with van der Waals surface area (Å²) >= 11 is 0. The molecule has 2 rings (SSSR count). The minimum Gasteiger partial charge on any atom is -0.214 e. The molecule has 0 spiro atoms. The van der Waals surface area contributed by atoms with Crippen molar-refractivity contribution in [1.82, 2.24) is 0 Å². The van der Waals surface area contributed by atoms with Crippen molar-refractivity contribution in [3.05, 3.63) is 66.7 Å². The largest absolute Gasteiger partial charge is 2.00 e. The fourth-order valence-electron chi connectivity index (χ4n) is 0.663. The fourth-order valence-corrected chi connectivity index (χ4v) is 0.663. The van der Waals surface area contributed by atoms with Crippen molar-refractivity contribution in [1.29, 1.82) is 0 Å². The van der Waals surface area contributed by atoms with Crippen LogP contribution in [0.25, 0.3) is 0 Å². The van der Waals surface area contributed by atoms with Gasteiger partial charge in [0.25, 0.3) is 0 Å². The minimum absolute atomic E-state index is 0. The topological polar surface area (TPSA) is 0 Å². The van der Waals surface area contributed by atoms with Crippen LogP contribution in [0.4, 0.5) is 25.2 Å². The van der Waals surface area contributed by atoms with Gasteiger partial charge in [-0.1, -0.05) is 0 Å². The van der Waals surface area contributed by atoms with E-state index < -0.39 is 7.81 Å². The Morgan fingerprint density at radius 1 is 0.684 bits per heavy atom. The van der Waals surface area contributed by atoms with Gasteiger partial charge in [-0.05, 0) is 0 Å². The van der Waals surface area contributed by atoms with Crippen molar-refractivity contribution >= 4 is 7.81 Å². The maximum absolute atomic E-state index is 10.7. The van der Waals surface area contributed by atoms with E-state index >= 15 is 0 Å². The second-order valence-electron chi connectivity index (χ2n) is 3.00. The Hall–Kier alpha value is -0.901. The van der Waals surface area contributed by atoms with Crippen LogP contribution in [-0.4, -0.2) is 0 Å². The summed E-state index contributed by atoms with van der Waals surface area (Å²) in [6.45, 7) is 0. The summed E-state index contributed by atoms with van der Waals surface area (Å²) in [6, 6.07) is 22.5. The summed E-state index contributed by atoms with van der Waals surface area (Å²) in [5.41, 5.74) is 0. The predicted molar refractivity (Wildman–Crippen MR) is 60.9 cm³/mol. The smallest absolute Gasteiger partial charge is 0.214 e. The van der Waals surface area contributed by atoms with Crippen LogP contribution < -0.4 is 0 Å². The Labute approximate surface area is 117 Å². The predicted octanol–water partition coefficient (Wildman–Crippen LogP) is 6.27. The van der Waals surface area contributed by atoms with Gasteiger partial charge in [-0.2, -0.15) is 54.6 Å². The molecule has 0 amide bonds. The summed E-state index contributed by atoms with van der Waals surface area (Å²) in [7, 11) is -10.7. The zero-order chi connectivity index (χ0) is 14.2. The van der Waals surface area contributed by atoms with E-state index in [-0.39, 0.29) is 17.1 Å². The molecule has 8 heteroatoms. The standard InChI is InChI=1S/C6H5.C5H5.F6P.Fe/c1-2-4-6-5-3-1;1-2-4-5-3-1;1-7(2,3,4,5)6;/h1-5H;1-5H;;/q3*-1;+2. The van der Waals surface area contributed by atoms with Gasteiger partial charge in [-0.15, -0.1) is 0 Å². The van der Waals surface area contributed by atoms with Crippen LogP contribution in [0.3, 0.4) is 0 Å². The molecule has 0 aliphatic carbocycles. The second-order valence-corrected chi connectivity index (χ2v) is 4.91. The third-order valence-corrected chi connectivity index (χ3v) is 1.16. The normalized spacial score (nSPS) is 13.2. The van der Waals surface area contributed by atoms with Crippen LogP contribution in [0.5, 0.6) is 0 Å². The molecule has 0 atom stereocenters. The molecule has 0 unspecified atom stereocenters. The molecule has 0 radical (unpaired) electrons. The van der Waals surface area contributed by atoms with Crippen molar-refractivity contribution in [3.63, 3.8) is 0 Å². The third kappa shape index (κ3) is 38.2. The molecule has 0 heterocycles. The van der Waals surface area contributed by atoms with Crippen LogP contribution in [0.15, 0.2) is 60.7 Å². The van der Waals surface area contributed by atoms with Gasteiger partial charge in [0.05, 0.1) is 0 Å². The van der Waals surface area contributed by atoms with E-state index in [0.717, 1.165) is 0 Å². The molecule has 110 valence electrons. The molecule has 0 nitrogen and oxygen atoms in total. The van der Waals surface area contributed by atoms with E-state index in [1.807, 2.05) is 60.7 Å². The van der Waals surface area contributed by atoms with Crippen LogP contribution in [-0.2, 0) is 17.1 Å². The molecule has 0 saturated carbocycles. The van der Waals surface area contributed by atoms with Crippen LogP contribution in [0.2, 0.25) is 0 Å². The van der Waals surface area contributed by atoms with Gasteiger partial charge in [0, 0.05) is 0 Å². The van der Waals surface area contributed by atoms with E-state index in [0.29, 0.717) is 0 Å². The maximum atomic E-state index is 9.87. The quantitative estimate of drug-likeness (QED) is 0.229. The fraction of sp³-hybridized carbons (Fsp3) is 0. The Kier molecular flexibility index (Phi) is 7.56. The molecular weight excluding hydrogens is 333 g/mol. The first-order chi connectivity index (χ1) is 7.95. The first-order valence-corrected chi connectivity index (χ1v) is 6.62. The monoisotopic (exact) mass is 343 g/mol. The van der Waals surface area contributed by atoms with Crippen molar-refractivity contribution in [3.8, 4) is 0 Å². The molecule has 0 aliphatic rings. The van der Waals surface area contributed by atoms with Crippen molar-refractivity contribution in [2.24, 2.45) is 0 Å².